The summed E-state index contributed by atoms with van der Waals surface area (Å²) in [6, 6.07) is 14.9. The minimum absolute atomic E-state index is 0.819. The highest BCUT2D eigenvalue weighted by atomic mass is 16.5. The monoisotopic (exact) mass is 276 g/mol. The SMILES string of the molecule is COc1cccc(OC)c1.COc1cccc(OC)c1. The molecule has 0 aliphatic heterocycles. The molecule has 0 atom stereocenters. The van der Waals surface area contributed by atoms with E-state index in [1.807, 2.05) is 48.5 Å². The molecule has 0 N–H and O–H groups in total. The lowest BCUT2D eigenvalue weighted by atomic mass is 10.3. The van der Waals surface area contributed by atoms with E-state index in [2.05, 4.69) is 0 Å². The van der Waals surface area contributed by atoms with Gasteiger partial charge in [-0.1, -0.05) is 12.1 Å². The highest BCUT2D eigenvalue weighted by molar-refractivity contribution is 5.33. The molecule has 0 aromatic heterocycles. The van der Waals surface area contributed by atoms with Crippen molar-refractivity contribution in [3.63, 3.8) is 0 Å². The second-order valence-corrected chi connectivity index (χ2v) is 3.77. The number of hydrogen-bond acceptors (Lipinski definition) is 4. The molecule has 2 aromatic rings. The zero-order valence-electron chi connectivity index (χ0n) is 12.3. The van der Waals surface area contributed by atoms with Crippen LogP contribution < -0.4 is 18.9 Å². The van der Waals surface area contributed by atoms with Crippen molar-refractivity contribution in [1.29, 1.82) is 0 Å². The third kappa shape index (κ3) is 5.10. The maximum Gasteiger partial charge on any atom is 0.122 e. The molecule has 0 unspecified atom stereocenters. The van der Waals surface area contributed by atoms with E-state index in [4.69, 9.17) is 18.9 Å². The molecule has 0 amide bonds. The molecule has 4 nitrogen and oxygen atoms in total. The Balaban J connectivity index is 0.000000200. The molecule has 2 aromatic carbocycles. The summed E-state index contributed by atoms with van der Waals surface area (Å²) < 4.78 is 19.9. The van der Waals surface area contributed by atoms with Gasteiger partial charge in [0.2, 0.25) is 0 Å². The van der Waals surface area contributed by atoms with Crippen LogP contribution in [0.4, 0.5) is 0 Å². The normalized spacial score (nSPS) is 9.00. The Bertz CT molecular complexity index is 425. The average Bonchev–Trinajstić information content (AvgIpc) is 2.55. The van der Waals surface area contributed by atoms with Gasteiger partial charge in [-0.25, -0.2) is 0 Å². The molecule has 4 heteroatoms. The van der Waals surface area contributed by atoms with Crippen LogP contribution in [-0.2, 0) is 0 Å². The van der Waals surface area contributed by atoms with Gasteiger partial charge in [-0.05, 0) is 24.3 Å². The topological polar surface area (TPSA) is 36.9 Å². The Hall–Kier alpha value is -2.36. The fourth-order valence-electron chi connectivity index (χ4n) is 1.46. The predicted molar refractivity (Wildman–Crippen MR) is 79.1 cm³/mol. The van der Waals surface area contributed by atoms with E-state index in [0.29, 0.717) is 0 Å². The number of benzene rings is 2. The number of ether oxygens (including phenoxy) is 4. The average molecular weight is 276 g/mol. The Kier molecular flexibility index (Phi) is 6.82. The van der Waals surface area contributed by atoms with Gasteiger partial charge in [0.25, 0.3) is 0 Å². The van der Waals surface area contributed by atoms with Crippen molar-refractivity contribution in [3.05, 3.63) is 48.5 Å². The molecule has 0 heterocycles. The minimum Gasteiger partial charge on any atom is -0.497 e. The molecule has 0 aliphatic carbocycles. The van der Waals surface area contributed by atoms with Gasteiger partial charge in [-0.3, -0.25) is 0 Å². The fraction of sp³-hybridized carbons (Fsp3) is 0.250. The third-order valence-corrected chi connectivity index (χ3v) is 2.55. The Morgan fingerprint density at radius 2 is 0.750 bits per heavy atom. The van der Waals surface area contributed by atoms with E-state index in [1.54, 1.807) is 28.4 Å². The zero-order valence-corrected chi connectivity index (χ0v) is 12.3. The molecule has 0 bridgehead atoms. The highest BCUT2D eigenvalue weighted by Gasteiger charge is 1.92. The van der Waals surface area contributed by atoms with Gasteiger partial charge in [0.1, 0.15) is 23.0 Å². The number of hydrogen-bond donors (Lipinski definition) is 0. The molecular formula is C16H20O4. The van der Waals surface area contributed by atoms with Crippen LogP contribution in [0.3, 0.4) is 0 Å². The van der Waals surface area contributed by atoms with Crippen molar-refractivity contribution in [2.24, 2.45) is 0 Å². The quantitative estimate of drug-likeness (QED) is 0.857. The number of rotatable bonds is 4. The second kappa shape index (κ2) is 8.69. The molecule has 0 fully saturated rings. The first-order valence-corrected chi connectivity index (χ1v) is 6.09. The van der Waals surface area contributed by atoms with Crippen LogP contribution in [0.1, 0.15) is 0 Å². The largest absolute Gasteiger partial charge is 0.497 e. The lowest BCUT2D eigenvalue weighted by Crippen LogP contribution is -1.84. The van der Waals surface area contributed by atoms with Crippen LogP contribution in [0.2, 0.25) is 0 Å². The lowest BCUT2D eigenvalue weighted by Gasteiger charge is -2.01. The summed E-state index contributed by atoms with van der Waals surface area (Å²) in [5.74, 6) is 3.28. The maximum absolute atomic E-state index is 4.98. The molecule has 108 valence electrons. The third-order valence-electron chi connectivity index (χ3n) is 2.55. The lowest BCUT2D eigenvalue weighted by molar-refractivity contribution is 0.394. The van der Waals surface area contributed by atoms with Gasteiger partial charge >= 0.3 is 0 Å². The molecule has 0 saturated heterocycles. The molecule has 0 aliphatic rings. The van der Waals surface area contributed by atoms with Crippen molar-refractivity contribution < 1.29 is 18.9 Å². The smallest absolute Gasteiger partial charge is 0.122 e. The first kappa shape index (κ1) is 15.7. The summed E-state index contributed by atoms with van der Waals surface area (Å²) in [7, 11) is 6.53. The van der Waals surface area contributed by atoms with Crippen LogP contribution in [0.5, 0.6) is 23.0 Å². The highest BCUT2D eigenvalue weighted by Crippen LogP contribution is 2.18. The molecule has 0 saturated carbocycles. The van der Waals surface area contributed by atoms with Gasteiger partial charge in [0, 0.05) is 12.1 Å². The van der Waals surface area contributed by atoms with Gasteiger partial charge in [0.05, 0.1) is 28.4 Å². The van der Waals surface area contributed by atoms with Crippen molar-refractivity contribution in [2.45, 2.75) is 0 Å². The van der Waals surface area contributed by atoms with Crippen molar-refractivity contribution in [3.8, 4) is 23.0 Å². The molecular weight excluding hydrogens is 256 g/mol. The van der Waals surface area contributed by atoms with E-state index in [9.17, 15) is 0 Å². The second-order valence-electron chi connectivity index (χ2n) is 3.77. The fourth-order valence-corrected chi connectivity index (χ4v) is 1.46. The van der Waals surface area contributed by atoms with E-state index < -0.39 is 0 Å². The Labute approximate surface area is 119 Å². The minimum atomic E-state index is 0.819. The van der Waals surface area contributed by atoms with Crippen LogP contribution >= 0.6 is 0 Å². The molecule has 0 radical (unpaired) electrons. The van der Waals surface area contributed by atoms with Gasteiger partial charge < -0.3 is 18.9 Å². The Morgan fingerprint density at radius 3 is 0.950 bits per heavy atom. The summed E-state index contributed by atoms with van der Waals surface area (Å²) in [6.45, 7) is 0. The number of methoxy groups -OCH3 is 4. The van der Waals surface area contributed by atoms with Crippen molar-refractivity contribution in [2.75, 3.05) is 28.4 Å². The van der Waals surface area contributed by atoms with E-state index in [-0.39, 0.29) is 0 Å². The van der Waals surface area contributed by atoms with E-state index in [0.717, 1.165) is 23.0 Å². The molecule has 0 spiro atoms. The van der Waals surface area contributed by atoms with E-state index in [1.165, 1.54) is 0 Å². The summed E-state index contributed by atoms with van der Waals surface area (Å²) in [5, 5.41) is 0. The Morgan fingerprint density at radius 1 is 0.500 bits per heavy atom. The van der Waals surface area contributed by atoms with Gasteiger partial charge in [0.15, 0.2) is 0 Å². The maximum atomic E-state index is 4.98. The summed E-state index contributed by atoms with van der Waals surface area (Å²) in [5.41, 5.74) is 0. The van der Waals surface area contributed by atoms with Crippen LogP contribution in [0.15, 0.2) is 48.5 Å². The zero-order chi connectivity index (χ0) is 14.8. The predicted octanol–water partition coefficient (Wildman–Crippen LogP) is 3.41. The van der Waals surface area contributed by atoms with Gasteiger partial charge in [-0.15, -0.1) is 0 Å². The van der Waals surface area contributed by atoms with E-state index >= 15 is 0 Å². The summed E-state index contributed by atoms with van der Waals surface area (Å²) in [6.07, 6.45) is 0. The first-order valence-electron chi connectivity index (χ1n) is 6.09. The van der Waals surface area contributed by atoms with Crippen LogP contribution in [0, 0.1) is 0 Å². The van der Waals surface area contributed by atoms with Crippen LogP contribution in [0.25, 0.3) is 0 Å². The van der Waals surface area contributed by atoms with Gasteiger partial charge in [-0.2, -0.15) is 0 Å². The van der Waals surface area contributed by atoms with Crippen molar-refractivity contribution in [1.82, 2.24) is 0 Å². The first-order chi connectivity index (χ1) is 9.73. The summed E-state index contributed by atoms with van der Waals surface area (Å²) in [4.78, 5) is 0. The standard InChI is InChI=1S/2C8H10O2/c2*1-9-7-4-3-5-8(6-7)10-2/h2*3-6H,1-2H3. The summed E-state index contributed by atoms with van der Waals surface area (Å²) >= 11 is 0. The molecule has 2 rings (SSSR count). The van der Waals surface area contributed by atoms with Crippen molar-refractivity contribution >= 4 is 0 Å². The van der Waals surface area contributed by atoms with Crippen LogP contribution in [-0.4, -0.2) is 28.4 Å². The molecule has 20 heavy (non-hydrogen) atoms.